The number of anilines is 1. The fourth-order valence-corrected chi connectivity index (χ4v) is 2.86. The van der Waals surface area contributed by atoms with E-state index in [-0.39, 0.29) is 5.57 Å². The van der Waals surface area contributed by atoms with Crippen LogP contribution in [0.1, 0.15) is 12.5 Å². The molecule has 0 atom stereocenters. The number of para-hydroxylation sites is 1. The molecule has 0 radical (unpaired) electrons. The van der Waals surface area contributed by atoms with Gasteiger partial charge in [-0.05, 0) is 42.8 Å². The van der Waals surface area contributed by atoms with Gasteiger partial charge in [-0.3, -0.25) is 15.0 Å². The minimum atomic E-state index is -0.483. The number of carbonyl (C=O) groups excluding carboxylic acids is 2. The third-order valence-electron chi connectivity index (χ3n) is 3.76. The lowest BCUT2D eigenvalue weighted by molar-refractivity contribution is -0.117. The van der Waals surface area contributed by atoms with E-state index >= 15 is 0 Å². The number of hydrogen-bond donors (Lipinski definition) is 1. The Morgan fingerprint density at radius 3 is 2.58 bits per heavy atom. The molecular weight excluding hydrogens is 356 g/mol. The van der Waals surface area contributed by atoms with Gasteiger partial charge in [0.15, 0.2) is 11.5 Å². The zero-order valence-corrected chi connectivity index (χ0v) is 15.0. The van der Waals surface area contributed by atoms with Gasteiger partial charge in [0, 0.05) is 0 Å². The van der Waals surface area contributed by atoms with Gasteiger partial charge in [-0.2, -0.15) is 0 Å². The second-order valence-corrected chi connectivity index (χ2v) is 5.85. The first-order chi connectivity index (χ1) is 12.5. The quantitative estimate of drug-likeness (QED) is 0.646. The summed E-state index contributed by atoms with van der Waals surface area (Å²) in [6.45, 7) is 2.27. The second kappa shape index (κ2) is 7.49. The van der Waals surface area contributed by atoms with Gasteiger partial charge in [-0.25, -0.2) is 5.01 Å². The summed E-state index contributed by atoms with van der Waals surface area (Å²) in [7, 11) is 1.50. The van der Waals surface area contributed by atoms with E-state index < -0.39 is 11.8 Å². The van der Waals surface area contributed by atoms with Gasteiger partial charge in [0.1, 0.15) is 5.57 Å². The van der Waals surface area contributed by atoms with Gasteiger partial charge in [-0.15, -0.1) is 0 Å². The molecule has 0 unspecified atom stereocenters. The van der Waals surface area contributed by atoms with Crippen molar-refractivity contribution in [1.29, 1.82) is 0 Å². The molecule has 0 spiro atoms. The number of amides is 2. The Morgan fingerprint density at radius 2 is 1.92 bits per heavy atom. The summed E-state index contributed by atoms with van der Waals surface area (Å²) in [5.41, 5.74) is 3.70. The Labute approximate surface area is 155 Å². The monoisotopic (exact) mass is 372 g/mol. The van der Waals surface area contributed by atoms with E-state index in [1.165, 1.54) is 18.2 Å². The maximum Gasteiger partial charge on any atom is 0.282 e. The molecule has 1 fully saturated rings. The molecule has 2 aromatic carbocycles. The highest BCUT2D eigenvalue weighted by Crippen LogP contribution is 2.37. The summed E-state index contributed by atoms with van der Waals surface area (Å²) in [4.78, 5) is 24.9. The van der Waals surface area contributed by atoms with Crippen LogP contribution in [0.25, 0.3) is 6.08 Å². The molecule has 0 aromatic heterocycles. The van der Waals surface area contributed by atoms with Crippen LogP contribution in [0, 0.1) is 0 Å². The van der Waals surface area contributed by atoms with Crippen LogP contribution in [0.3, 0.4) is 0 Å². The van der Waals surface area contributed by atoms with Gasteiger partial charge in [0.05, 0.1) is 24.4 Å². The highest BCUT2D eigenvalue weighted by molar-refractivity contribution is 6.33. The predicted molar refractivity (Wildman–Crippen MR) is 99.2 cm³/mol. The fourth-order valence-electron chi connectivity index (χ4n) is 2.59. The lowest BCUT2D eigenvalue weighted by atomic mass is 10.1. The molecule has 3 rings (SSSR count). The molecule has 0 saturated carbocycles. The van der Waals surface area contributed by atoms with Crippen molar-refractivity contribution in [2.24, 2.45) is 0 Å². The van der Waals surface area contributed by atoms with Crippen LogP contribution in [-0.2, 0) is 9.59 Å². The molecule has 7 heteroatoms. The van der Waals surface area contributed by atoms with Crippen molar-refractivity contribution in [1.82, 2.24) is 5.43 Å². The van der Waals surface area contributed by atoms with Crippen molar-refractivity contribution in [3.63, 3.8) is 0 Å². The molecule has 134 valence electrons. The van der Waals surface area contributed by atoms with E-state index in [1.54, 1.807) is 36.4 Å². The fraction of sp³-hybridized carbons (Fsp3) is 0.158. The number of nitrogens with one attached hydrogen (secondary N) is 1. The zero-order valence-electron chi connectivity index (χ0n) is 14.3. The molecule has 1 heterocycles. The van der Waals surface area contributed by atoms with Crippen LogP contribution in [-0.4, -0.2) is 25.5 Å². The van der Waals surface area contributed by atoms with E-state index in [9.17, 15) is 9.59 Å². The molecule has 6 nitrogen and oxygen atoms in total. The Balaban J connectivity index is 1.96. The first-order valence-electron chi connectivity index (χ1n) is 7.97. The summed E-state index contributed by atoms with van der Waals surface area (Å²) in [6.07, 6.45) is 1.48. The van der Waals surface area contributed by atoms with E-state index in [4.69, 9.17) is 21.1 Å². The average molecular weight is 373 g/mol. The summed E-state index contributed by atoms with van der Waals surface area (Å²) in [6, 6.07) is 12.1. The topological polar surface area (TPSA) is 67.9 Å². The molecule has 0 aliphatic carbocycles. The summed E-state index contributed by atoms with van der Waals surface area (Å²) in [5, 5.41) is 1.55. The summed E-state index contributed by atoms with van der Waals surface area (Å²) in [5.74, 6) is -0.0723. The Bertz CT molecular complexity index is 881. The van der Waals surface area contributed by atoms with Crippen LogP contribution >= 0.6 is 11.6 Å². The lowest BCUT2D eigenvalue weighted by Gasteiger charge is -2.14. The Kier molecular flexibility index (Phi) is 5.14. The van der Waals surface area contributed by atoms with Crippen LogP contribution in [0.5, 0.6) is 11.5 Å². The molecule has 1 aliphatic heterocycles. The molecule has 0 bridgehead atoms. The number of rotatable bonds is 5. The number of hydrogen-bond acceptors (Lipinski definition) is 4. The molecule has 1 N–H and O–H groups in total. The normalized spacial score (nSPS) is 15.3. The van der Waals surface area contributed by atoms with Gasteiger partial charge in [-0.1, -0.05) is 29.8 Å². The number of benzene rings is 2. The van der Waals surface area contributed by atoms with Crippen LogP contribution < -0.4 is 19.9 Å². The number of ether oxygens (including phenoxy) is 2. The van der Waals surface area contributed by atoms with Crippen LogP contribution in [0.4, 0.5) is 5.69 Å². The highest BCUT2D eigenvalue weighted by Gasteiger charge is 2.34. The summed E-state index contributed by atoms with van der Waals surface area (Å²) < 4.78 is 10.8. The molecule has 1 aliphatic rings. The van der Waals surface area contributed by atoms with E-state index in [0.29, 0.717) is 34.4 Å². The van der Waals surface area contributed by atoms with Crippen molar-refractivity contribution in [3.8, 4) is 11.5 Å². The highest BCUT2D eigenvalue weighted by atomic mass is 35.5. The van der Waals surface area contributed by atoms with Crippen molar-refractivity contribution in [2.75, 3.05) is 18.7 Å². The van der Waals surface area contributed by atoms with Crippen molar-refractivity contribution in [2.45, 2.75) is 6.92 Å². The van der Waals surface area contributed by atoms with E-state index in [0.717, 1.165) is 0 Å². The SMILES string of the molecule is CCOc1c(Cl)cc(/C=C2/C(=O)NN(c3ccccc3)C2=O)cc1OC. The van der Waals surface area contributed by atoms with Gasteiger partial charge in [0.25, 0.3) is 11.8 Å². The number of carbonyl (C=O) groups is 2. The van der Waals surface area contributed by atoms with Gasteiger partial charge < -0.3 is 9.47 Å². The first-order valence-corrected chi connectivity index (χ1v) is 8.35. The second-order valence-electron chi connectivity index (χ2n) is 5.44. The molecule has 1 saturated heterocycles. The first kappa shape index (κ1) is 17.8. The average Bonchev–Trinajstić information content (AvgIpc) is 2.92. The molecule has 2 aromatic rings. The molecule has 2 amide bonds. The van der Waals surface area contributed by atoms with E-state index in [2.05, 4.69) is 5.43 Å². The zero-order chi connectivity index (χ0) is 18.7. The number of methoxy groups -OCH3 is 1. The maximum atomic E-state index is 12.6. The molecule has 26 heavy (non-hydrogen) atoms. The lowest BCUT2D eigenvalue weighted by Crippen LogP contribution is -2.35. The predicted octanol–water partition coefficient (Wildman–Crippen LogP) is 3.21. The Hall–Kier alpha value is -2.99. The standard InChI is InChI=1S/C19H17ClN2O4/c1-3-26-17-15(20)10-12(11-16(17)25-2)9-14-18(23)21-22(19(14)24)13-7-5-4-6-8-13/h4-11H,3H2,1-2H3,(H,21,23)/b14-9-. The van der Waals surface area contributed by atoms with Crippen molar-refractivity contribution in [3.05, 3.63) is 58.6 Å². The maximum absolute atomic E-state index is 12.6. The minimum Gasteiger partial charge on any atom is -0.493 e. The summed E-state index contributed by atoms with van der Waals surface area (Å²) >= 11 is 6.24. The number of halogens is 1. The molecular formula is C19H17ClN2O4. The Morgan fingerprint density at radius 1 is 1.19 bits per heavy atom. The minimum absolute atomic E-state index is 0.0103. The van der Waals surface area contributed by atoms with Crippen molar-refractivity contribution < 1.29 is 19.1 Å². The largest absolute Gasteiger partial charge is 0.493 e. The van der Waals surface area contributed by atoms with Gasteiger partial charge in [0.2, 0.25) is 0 Å². The third-order valence-corrected chi connectivity index (χ3v) is 4.04. The third kappa shape index (κ3) is 3.36. The smallest absolute Gasteiger partial charge is 0.282 e. The number of hydrazine groups is 1. The van der Waals surface area contributed by atoms with Crippen LogP contribution in [0.2, 0.25) is 5.02 Å². The van der Waals surface area contributed by atoms with Crippen molar-refractivity contribution >= 4 is 35.2 Å². The number of nitrogens with zero attached hydrogens (tertiary/aromatic N) is 1. The van der Waals surface area contributed by atoms with E-state index in [1.807, 2.05) is 13.0 Å². The van der Waals surface area contributed by atoms with Gasteiger partial charge >= 0.3 is 0 Å². The van der Waals surface area contributed by atoms with Crippen LogP contribution in [0.15, 0.2) is 48.0 Å².